The summed E-state index contributed by atoms with van der Waals surface area (Å²) in [7, 11) is 1.65. The molecule has 4 rings (SSSR count). The first-order valence-corrected chi connectivity index (χ1v) is 9.98. The molecule has 3 fully saturated rings. The number of likely N-dealkylation sites (tertiary alicyclic amines) is 1. The van der Waals surface area contributed by atoms with Gasteiger partial charge in [0.2, 0.25) is 0 Å². The normalized spacial score (nSPS) is 34.1. The highest BCUT2D eigenvalue weighted by molar-refractivity contribution is 6.07. The summed E-state index contributed by atoms with van der Waals surface area (Å²) in [5, 5.41) is 3.19. The van der Waals surface area contributed by atoms with Crippen molar-refractivity contribution in [3.05, 3.63) is 0 Å². The molecule has 0 aromatic rings. The summed E-state index contributed by atoms with van der Waals surface area (Å²) in [6.45, 7) is 4.37. The van der Waals surface area contributed by atoms with Gasteiger partial charge in [0.1, 0.15) is 11.4 Å². The van der Waals surface area contributed by atoms with Gasteiger partial charge in [-0.2, -0.15) is 0 Å². The van der Waals surface area contributed by atoms with Crippen molar-refractivity contribution in [3.63, 3.8) is 0 Å². The molecule has 3 atom stereocenters. The Balaban J connectivity index is 1.45. The lowest BCUT2D eigenvalue weighted by Gasteiger charge is -2.28. The number of hydrogen-bond donors (Lipinski definition) is 1. The van der Waals surface area contributed by atoms with E-state index in [1.54, 1.807) is 12.0 Å². The third kappa shape index (κ3) is 2.80. The standard InChI is InChI=1S/C19H30N4O3/c1-13-21-19(17(24)23(13)9-10-26-2)8-7-14-11-22(12-16(14)19)18(25)20-15-5-3-4-6-15/h14-16H,3-12H2,1-2H3,(H,20,25)/t14-,16-,19-/m1/s1. The van der Waals surface area contributed by atoms with E-state index in [4.69, 9.17) is 9.73 Å². The molecule has 1 spiro atoms. The number of methoxy groups -OCH3 is 1. The smallest absolute Gasteiger partial charge is 0.317 e. The molecule has 26 heavy (non-hydrogen) atoms. The number of urea groups is 1. The van der Waals surface area contributed by atoms with Crippen molar-refractivity contribution in [1.29, 1.82) is 0 Å². The van der Waals surface area contributed by atoms with Crippen LogP contribution < -0.4 is 5.32 Å². The van der Waals surface area contributed by atoms with Crippen LogP contribution in [-0.4, -0.2) is 72.5 Å². The Morgan fingerprint density at radius 2 is 2.08 bits per heavy atom. The topological polar surface area (TPSA) is 74.2 Å². The van der Waals surface area contributed by atoms with Crippen LogP contribution in [0.1, 0.15) is 45.4 Å². The van der Waals surface area contributed by atoms with Gasteiger partial charge >= 0.3 is 6.03 Å². The van der Waals surface area contributed by atoms with Gasteiger partial charge in [0.25, 0.3) is 5.91 Å². The summed E-state index contributed by atoms with van der Waals surface area (Å²) < 4.78 is 5.14. The fourth-order valence-electron chi connectivity index (χ4n) is 5.43. The van der Waals surface area contributed by atoms with Crippen molar-refractivity contribution >= 4 is 17.8 Å². The van der Waals surface area contributed by atoms with E-state index in [0.717, 1.165) is 38.1 Å². The van der Waals surface area contributed by atoms with Crippen LogP contribution in [0, 0.1) is 11.8 Å². The lowest BCUT2D eigenvalue weighted by molar-refractivity contribution is -0.132. The van der Waals surface area contributed by atoms with Crippen LogP contribution >= 0.6 is 0 Å². The van der Waals surface area contributed by atoms with E-state index in [1.165, 1.54) is 12.8 Å². The number of aliphatic imine (C=N–C) groups is 1. The third-order valence-corrected chi connectivity index (χ3v) is 6.81. The Kier molecular flexibility index (Phi) is 4.67. The van der Waals surface area contributed by atoms with E-state index in [-0.39, 0.29) is 17.9 Å². The fraction of sp³-hybridized carbons (Fsp3) is 0.842. The van der Waals surface area contributed by atoms with Crippen molar-refractivity contribution in [3.8, 4) is 0 Å². The highest BCUT2D eigenvalue weighted by Gasteiger charge is 2.61. The third-order valence-electron chi connectivity index (χ3n) is 6.81. The van der Waals surface area contributed by atoms with Crippen LogP contribution in [0.4, 0.5) is 4.79 Å². The molecular weight excluding hydrogens is 332 g/mol. The minimum Gasteiger partial charge on any atom is -0.383 e. The Hall–Kier alpha value is -1.63. The number of nitrogens with zero attached hydrogens (tertiary/aromatic N) is 3. The molecule has 2 saturated carbocycles. The van der Waals surface area contributed by atoms with E-state index in [0.29, 0.717) is 31.7 Å². The molecule has 0 aromatic heterocycles. The molecule has 1 N–H and O–H groups in total. The van der Waals surface area contributed by atoms with E-state index in [1.807, 2.05) is 11.8 Å². The van der Waals surface area contributed by atoms with Gasteiger partial charge < -0.3 is 15.0 Å². The van der Waals surface area contributed by atoms with Gasteiger partial charge in [0.05, 0.1) is 13.2 Å². The summed E-state index contributed by atoms with van der Waals surface area (Å²) in [4.78, 5) is 34.4. The summed E-state index contributed by atoms with van der Waals surface area (Å²) in [5.41, 5.74) is -0.648. The predicted molar refractivity (Wildman–Crippen MR) is 98.0 cm³/mol. The fourth-order valence-corrected chi connectivity index (χ4v) is 5.43. The first kappa shape index (κ1) is 17.8. The van der Waals surface area contributed by atoms with Crippen molar-refractivity contribution in [1.82, 2.24) is 15.1 Å². The number of hydrogen-bond acceptors (Lipinski definition) is 4. The second kappa shape index (κ2) is 6.83. The highest BCUT2D eigenvalue weighted by atomic mass is 16.5. The molecule has 0 unspecified atom stereocenters. The van der Waals surface area contributed by atoms with Gasteiger partial charge in [-0.15, -0.1) is 0 Å². The average Bonchev–Trinajstić information content (AvgIpc) is 3.35. The summed E-state index contributed by atoms with van der Waals surface area (Å²) in [6.07, 6.45) is 6.37. The van der Waals surface area contributed by atoms with Gasteiger partial charge in [0.15, 0.2) is 0 Å². The maximum absolute atomic E-state index is 13.2. The van der Waals surface area contributed by atoms with Gasteiger partial charge in [-0.05, 0) is 38.5 Å². The maximum atomic E-state index is 13.2. The molecular formula is C19H30N4O3. The van der Waals surface area contributed by atoms with Crippen molar-refractivity contribution in [2.75, 3.05) is 33.4 Å². The van der Waals surface area contributed by atoms with E-state index >= 15 is 0 Å². The second-order valence-corrected chi connectivity index (χ2v) is 8.27. The van der Waals surface area contributed by atoms with Gasteiger partial charge in [-0.3, -0.25) is 14.7 Å². The second-order valence-electron chi connectivity index (χ2n) is 8.27. The molecule has 0 bridgehead atoms. The van der Waals surface area contributed by atoms with E-state index in [9.17, 15) is 9.59 Å². The Morgan fingerprint density at radius 3 is 2.81 bits per heavy atom. The molecule has 4 aliphatic rings. The molecule has 2 aliphatic heterocycles. The minimum absolute atomic E-state index is 0.0452. The van der Waals surface area contributed by atoms with Crippen LogP contribution in [0.3, 0.4) is 0 Å². The molecule has 1 saturated heterocycles. The van der Waals surface area contributed by atoms with Gasteiger partial charge in [0, 0.05) is 32.2 Å². The van der Waals surface area contributed by atoms with Crippen LogP contribution in [-0.2, 0) is 9.53 Å². The first-order chi connectivity index (χ1) is 12.5. The number of ether oxygens (including phenoxy) is 1. The zero-order valence-corrected chi connectivity index (χ0v) is 15.9. The van der Waals surface area contributed by atoms with E-state index < -0.39 is 5.54 Å². The maximum Gasteiger partial charge on any atom is 0.317 e. The van der Waals surface area contributed by atoms with Crippen LogP contribution in [0.25, 0.3) is 0 Å². The first-order valence-electron chi connectivity index (χ1n) is 9.98. The average molecular weight is 362 g/mol. The predicted octanol–water partition coefficient (Wildman–Crippen LogP) is 1.63. The van der Waals surface area contributed by atoms with Crippen LogP contribution in [0.15, 0.2) is 4.99 Å². The molecule has 2 heterocycles. The Bertz CT molecular complexity index is 616. The molecule has 3 amide bonds. The zero-order valence-electron chi connectivity index (χ0n) is 15.9. The summed E-state index contributed by atoms with van der Waals surface area (Å²) in [5.74, 6) is 1.43. The Labute approximate surface area is 155 Å². The van der Waals surface area contributed by atoms with Crippen molar-refractivity contribution in [2.24, 2.45) is 16.8 Å². The number of amidine groups is 1. The number of rotatable bonds is 4. The highest BCUT2D eigenvalue weighted by Crippen LogP contribution is 2.50. The van der Waals surface area contributed by atoms with Crippen LogP contribution in [0.2, 0.25) is 0 Å². The Morgan fingerprint density at radius 1 is 1.31 bits per heavy atom. The monoisotopic (exact) mass is 362 g/mol. The number of carbonyl (C=O) groups is 2. The molecule has 0 aromatic carbocycles. The SMILES string of the molecule is COCCN1C(=O)[C@]2(CC[C@@H]3CN(C(=O)NC4CCCC4)C[C@H]32)N=C1C. The zero-order chi connectivity index (χ0) is 18.3. The lowest BCUT2D eigenvalue weighted by Crippen LogP contribution is -2.48. The van der Waals surface area contributed by atoms with Gasteiger partial charge in [-0.25, -0.2) is 4.79 Å². The lowest BCUT2D eigenvalue weighted by atomic mass is 9.85. The molecule has 144 valence electrons. The number of fused-ring (bicyclic) bond motifs is 2. The minimum atomic E-state index is -0.648. The van der Waals surface area contributed by atoms with Crippen LogP contribution in [0.5, 0.6) is 0 Å². The van der Waals surface area contributed by atoms with Gasteiger partial charge in [-0.1, -0.05) is 12.8 Å². The summed E-state index contributed by atoms with van der Waals surface area (Å²) >= 11 is 0. The number of nitrogens with one attached hydrogen (secondary N) is 1. The summed E-state index contributed by atoms with van der Waals surface area (Å²) in [6, 6.07) is 0.374. The largest absolute Gasteiger partial charge is 0.383 e. The number of amides is 3. The van der Waals surface area contributed by atoms with Crippen molar-refractivity contribution < 1.29 is 14.3 Å². The molecule has 7 heteroatoms. The molecule has 2 aliphatic carbocycles. The number of carbonyl (C=O) groups excluding carboxylic acids is 2. The van der Waals surface area contributed by atoms with E-state index in [2.05, 4.69) is 5.32 Å². The quantitative estimate of drug-likeness (QED) is 0.826. The molecule has 0 radical (unpaired) electrons. The molecule has 7 nitrogen and oxygen atoms in total. The van der Waals surface area contributed by atoms with Crippen molar-refractivity contribution in [2.45, 2.75) is 57.0 Å².